The fourth-order valence-corrected chi connectivity index (χ4v) is 6.27. The third kappa shape index (κ3) is 5.92. The second-order valence-corrected chi connectivity index (χ2v) is 11.2. The Morgan fingerprint density at radius 3 is 2.56 bits per heavy atom. The van der Waals surface area contributed by atoms with E-state index in [0.717, 1.165) is 86.2 Å². The van der Waals surface area contributed by atoms with Gasteiger partial charge < -0.3 is 24.0 Å². The lowest BCUT2D eigenvalue weighted by atomic mass is 9.93. The predicted octanol–water partition coefficient (Wildman–Crippen LogP) is 5.30. The van der Waals surface area contributed by atoms with Gasteiger partial charge in [0, 0.05) is 67.9 Å². The molecule has 6 rings (SSSR count). The van der Waals surface area contributed by atoms with E-state index in [2.05, 4.69) is 20.8 Å². The molecule has 0 bridgehead atoms. The van der Waals surface area contributed by atoms with Crippen molar-refractivity contribution in [2.24, 2.45) is 0 Å². The molecule has 2 fully saturated rings. The van der Waals surface area contributed by atoms with Crippen LogP contribution in [-0.2, 0) is 9.53 Å². The topological polar surface area (TPSA) is 85.6 Å². The van der Waals surface area contributed by atoms with E-state index in [1.807, 2.05) is 42.1 Å². The van der Waals surface area contributed by atoms with Crippen LogP contribution in [0.15, 0.2) is 48.9 Å². The monoisotopic (exact) mass is 592 g/mol. The minimum Gasteiger partial charge on any atom is -0.486 e. The van der Waals surface area contributed by atoms with Crippen molar-refractivity contribution in [3.8, 4) is 17.0 Å². The molecule has 212 valence electrons. The Bertz CT molecular complexity index is 1500. The molecule has 0 spiro atoms. The first-order valence-electron chi connectivity index (χ1n) is 14.0. The van der Waals surface area contributed by atoms with Crippen LogP contribution in [-0.4, -0.2) is 70.9 Å². The number of benzene rings is 1. The van der Waals surface area contributed by atoms with Crippen molar-refractivity contribution in [2.75, 3.05) is 37.7 Å². The van der Waals surface area contributed by atoms with Crippen LogP contribution in [0.2, 0.25) is 10.0 Å². The Labute approximate surface area is 249 Å². The second-order valence-electron chi connectivity index (χ2n) is 10.4. The highest BCUT2D eigenvalue weighted by Crippen LogP contribution is 2.37. The minimum atomic E-state index is -0.386. The molecule has 0 saturated carbocycles. The van der Waals surface area contributed by atoms with Crippen molar-refractivity contribution in [1.29, 1.82) is 0 Å². The van der Waals surface area contributed by atoms with E-state index in [1.54, 1.807) is 12.4 Å². The molecular formula is C29H31BCl2N6O3. The van der Waals surface area contributed by atoms with E-state index in [4.69, 9.17) is 42.8 Å². The fourth-order valence-electron chi connectivity index (χ4n) is 5.59. The number of aromatic nitrogens is 4. The Kier molecular flexibility index (Phi) is 8.43. The van der Waals surface area contributed by atoms with Crippen molar-refractivity contribution < 1.29 is 14.3 Å². The van der Waals surface area contributed by atoms with E-state index in [-0.39, 0.29) is 12.3 Å². The maximum absolute atomic E-state index is 10.9. The molecule has 4 aromatic rings. The Morgan fingerprint density at radius 1 is 1.07 bits per heavy atom. The maximum atomic E-state index is 10.9. The van der Waals surface area contributed by atoms with Gasteiger partial charge >= 0.3 is 0 Å². The van der Waals surface area contributed by atoms with Gasteiger partial charge in [-0.25, -0.2) is 9.67 Å². The molecule has 2 atom stereocenters. The molecule has 12 heteroatoms. The summed E-state index contributed by atoms with van der Waals surface area (Å²) in [6.07, 6.45) is 8.56. The van der Waals surface area contributed by atoms with Gasteiger partial charge in [-0.2, -0.15) is 5.10 Å². The molecule has 2 saturated heterocycles. The standard InChI is InChI=1S/C29H31BCl2N6O3/c1-19(28-23(31)16-33-17-24(28)32)41-21-6-7-25-22(14-21)29(35-38(25)27-4-2-3-13-40-27)20-5-8-26(34-15-20)36-9-11-37(12-10-36)30-18-39/h5-8,14-19,27,30H,2-4,9-13H2,1H3/t19-,27?/m1/s1. The van der Waals surface area contributed by atoms with Gasteiger partial charge in [-0.1, -0.05) is 23.2 Å². The smallest absolute Gasteiger partial charge is 0.281 e. The first-order valence-corrected chi connectivity index (χ1v) is 14.7. The number of hydrogen-bond acceptors (Lipinski definition) is 8. The number of hydrogen-bond donors (Lipinski definition) is 0. The molecule has 5 heterocycles. The number of halogens is 2. The first kappa shape index (κ1) is 28.0. The van der Waals surface area contributed by atoms with E-state index in [0.29, 0.717) is 28.8 Å². The molecule has 0 aliphatic carbocycles. The number of carbonyl (C=O) groups is 1. The highest BCUT2D eigenvalue weighted by atomic mass is 35.5. The molecule has 3 aromatic heterocycles. The second kappa shape index (κ2) is 12.4. The molecule has 1 aromatic carbocycles. The summed E-state index contributed by atoms with van der Waals surface area (Å²) in [5, 5.41) is 6.93. The van der Waals surface area contributed by atoms with Crippen LogP contribution in [0.4, 0.5) is 5.82 Å². The Balaban J connectivity index is 1.31. The average Bonchev–Trinajstić information content (AvgIpc) is 3.37. The van der Waals surface area contributed by atoms with Gasteiger partial charge in [0.25, 0.3) is 7.41 Å². The molecule has 0 radical (unpaired) electrons. The number of nitrogens with zero attached hydrogens (tertiary/aromatic N) is 6. The highest BCUT2D eigenvalue weighted by Gasteiger charge is 2.24. The number of carbonyl (C=O) groups excluding carboxylic acids is 1. The normalized spacial score (nSPS) is 18.8. The van der Waals surface area contributed by atoms with Gasteiger partial charge in [0.1, 0.15) is 23.4 Å². The lowest BCUT2D eigenvalue weighted by Crippen LogP contribution is -2.48. The summed E-state index contributed by atoms with van der Waals surface area (Å²) in [7, 11) is 0.480. The fraction of sp³-hybridized carbons (Fsp3) is 0.379. The summed E-state index contributed by atoms with van der Waals surface area (Å²) in [5.74, 6) is 1.60. The number of piperazine rings is 1. The zero-order valence-electron chi connectivity index (χ0n) is 22.9. The van der Waals surface area contributed by atoms with Crippen molar-refractivity contribution in [3.63, 3.8) is 0 Å². The summed E-state index contributed by atoms with van der Waals surface area (Å²) in [4.78, 5) is 24.1. The number of rotatable bonds is 8. The van der Waals surface area contributed by atoms with Crippen LogP contribution in [0.1, 0.15) is 44.1 Å². The molecule has 0 amide bonds. The molecule has 41 heavy (non-hydrogen) atoms. The van der Waals surface area contributed by atoms with Crippen LogP contribution in [0.3, 0.4) is 0 Å². The van der Waals surface area contributed by atoms with E-state index >= 15 is 0 Å². The minimum absolute atomic E-state index is 0.116. The zero-order valence-corrected chi connectivity index (χ0v) is 24.4. The van der Waals surface area contributed by atoms with Gasteiger partial charge in [-0.15, -0.1) is 0 Å². The van der Waals surface area contributed by atoms with Gasteiger partial charge in [-0.05, 0) is 56.5 Å². The quantitative estimate of drug-likeness (QED) is 0.201. The molecule has 1 unspecified atom stereocenters. The molecule has 2 aliphatic rings. The van der Waals surface area contributed by atoms with Crippen molar-refractivity contribution >= 4 is 53.5 Å². The van der Waals surface area contributed by atoms with Gasteiger partial charge in [0.05, 0.1) is 21.7 Å². The average molecular weight is 593 g/mol. The largest absolute Gasteiger partial charge is 0.486 e. The predicted molar refractivity (Wildman–Crippen MR) is 163 cm³/mol. The van der Waals surface area contributed by atoms with Crippen molar-refractivity contribution in [3.05, 3.63) is 64.5 Å². The van der Waals surface area contributed by atoms with Gasteiger partial charge in [-0.3, -0.25) is 4.98 Å². The molecule has 2 aliphatic heterocycles. The summed E-state index contributed by atoms with van der Waals surface area (Å²) < 4.78 is 14.4. The summed E-state index contributed by atoms with van der Waals surface area (Å²) >= 11 is 12.8. The first-order chi connectivity index (χ1) is 20.0. The number of ether oxygens (including phenoxy) is 2. The van der Waals surface area contributed by atoms with Crippen LogP contribution in [0, 0.1) is 0 Å². The van der Waals surface area contributed by atoms with Crippen LogP contribution >= 0.6 is 23.2 Å². The molecule has 0 N–H and O–H groups in total. The van der Waals surface area contributed by atoms with Crippen LogP contribution < -0.4 is 9.64 Å². The van der Waals surface area contributed by atoms with Crippen molar-refractivity contribution in [2.45, 2.75) is 38.5 Å². The Morgan fingerprint density at radius 2 is 1.88 bits per heavy atom. The third-order valence-electron chi connectivity index (χ3n) is 7.77. The lowest BCUT2D eigenvalue weighted by Gasteiger charge is -2.34. The maximum Gasteiger partial charge on any atom is 0.281 e. The number of fused-ring (bicyclic) bond motifs is 1. The van der Waals surface area contributed by atoms with E-state index < -0.39 is 0 Å². The summed E-state index contributed by atoms with van der Waals surface area (Å²) in [6, 6.07) is 10.1. The van der Waals surface area contributed by atoms with E-state index in [9.17, 15) is 4.79 Å². The summed E-state index contributed by atoms with van der Waals surface area (Å²) in [6.45, 7) is 6.00. The molecule has 9 nitrogen and oxygen atoms in total. The van der Waals surface area contributed by atoms with E-state index in [1.165, 1.54) is 0 Å². The van der Waals surface area contributed by atoms with Crippen LogP contribution in [0.25, 0.3) is 22.2 Å². The molecular weight excluding hydrogens is 562 g/mol. The van der Waals surface area contributed by atoms with Gasteiger partial charge in [0.2, 0.25) is 0 Å². The van der Waals surface area contributed by atoms with Crippen molar-refractivity contribution in [1.82, 2.24) is 24.6 Å². The lowest BCUT2D eigenvalue weighted by molar-refractivity contribution is -0.0365. The SMILES string of the molecule is C[C@@H](Oc1ccc2c(c1)c(-c1ccc(N3CCN(BC=O)CC3)nc1)nn2C1CCCCO1)c1c(Cl)cncc1Cl. The number of pyridine rings is 2. The highest BCUT2D eigenvalue weighted by molar-refractivity contribution is 6.64. The summed E-state index contributed by atoms with van der Waals surface area (Å²) in [5.41, 5.74) is 3.41. The third-order valence-corrected chi connectivity index (χ3v) is 8.37. The zero-order chi connectivity index (χ0) is 28.3. The van der Waals surface area contributed by atoms with Crippen LogP contribution in [0.5, 0.6) is 5.75 Å². The Hall–Kier alpha value is -3.18. The van der Waals surface area contributed by atoms with Gasteiger partial charge in [0.15, 0.2) is 6.23 Å². The number of anilines is 1.